The molecule has 1 fully saturated rings. The first-order valence-electron chi connectivity index (χ1n) is 7.22. The Morgan fingerprint density at radius 2 is 1.86 bits per heavy atom. The van der Waals surface area contributed by atoms with Gasteiger partial charge in [-0.3, -0.25) is 4.98 Å². The highest BCUT2D eigenvalue weighted by molar-refractivity contribution is 6.65. The van der Waals surface area contributed by atoms with Crippen molar-refractivity contribution in [3.63, 3.8) is 0 Å². The number of nitrogens with zero attached hydrogens (tertiary/aromatic N) is 2. The lowest BCUT2D eigenvalue weighted by Gasteiger charge is -2.32. The molecule has 0 radical (unpaired) electrons. The Labute approximate surface area is 125 Å². The lowest BCUT2D eigenvalue weighted by Crippen LogP contribution is -2.41. The summed E-state index contributed by atoms with van der Waals surface area (Å²) in [6, 6.07) is 3.79. The van der Waals surface area contributed by atoms with E-state index in [9.17, 15) is 5.02 Å². The van der Waals surface area contributed by atoms with Crippen LogP contribution in [0.2, 0.25) is 6.82 Å². The molecule has 1 saturated heterocycles. The molecule has 1 N–H and O–H groups in total. The molecule has 0 saturated carbocycles. The van der Waals surface area contributed by atoms with Gasteiger partial charge in [-0.1, -0.05) is 0 Å². The van der Waals surface area contributed by atoms with E-state index in [-0.39, 0.29) is 0 Å². The van der Waals surface area contributed by atoms with E-state index in [1.54, 1.807) is 17.5 Å². The van der Waals surface area contributed by atoms with Gasteiger partial charge in [-0.15, -0.1) is 0 Å². The largest absolute Gasteiger partial charge is 0.498 e. The average Bonchev–Trinajstić information content (AvgIpc) is 2.85. The van der Waals surface area contributed by atoms with Gasteiger partial charge in [0.1, 0.15) is 0 Å². The Kier molecular flexibility index (Phi) is 3.20. The molecule has 3 heterocycles. The topological polar surface area (TPSA) is 56.5 Å². The van der Waals surface area contributed by atoms with Gasteiger partial charge in [0.25, 0.3) is 0 Å². The number of pyridine rings is 1. The number of aromatic nitrogens is 2. The maximum atomic E-state index is 9.94. The molecule has 2 aromatic heterocycles. The number of fused-ring (bicyclic) bond motifs is 1. The highest BCUT2D eigenvalue weighted by atomic mass is 16.7. The van der Waals surface area contributed by atoms with Crippen molar-refractivity contribution in [3.05, 3.63) is 24.5 Å². The molecule has 3 rings (SSSR count). The summed E-state index contributed by atoms with van der Waals surface area (Å²) in [5, 5.41) is 9.94. The van der Waals surface area contributed by atoms with Crippen LogP contribution in [0.1, 0.15) is 27.7 Å². The quantitative estimate of drug-likeness (QED) is 0.845. The van der Waals surface area contributed by atoms with Crippen LogP contribution < -0.4 is 5.46 Å². The van der Waals surface area contributed by atoms with Crippen molar-refractivity contribution in [2.24, 2.45) is 0 Å². The smallest absolute Gasteiger partial charge is 0.432 e. The van der Waals surface area contributed by atoms with Gasteiger partial charge in [-0.05, 0) is 52.8 Å². The Morgan fingerprint density at radius 1 is 1.24 bits per heavy atom. The summed E-state index contributed by atoms with van der Waals surface area (Å²) in [6.07, 6.45) is 3.61. The van der Waals surface area contributed by atoms with Gasteiger partial charge in [0.2, 0.25) is 0 Å². The van der Waals surface area contributed by atoms with Crippen LogP contribution in [0.25, 0.3) is 11.0 Å². The second-order valence-electron chi connectivity index (χ2n) is 6.58. The Bertz CT molecular complexity index is 666. The minimum Gasteiger partial charge on any atom is -0.432 e. The molecular formula is C14H20B2N2O3. The van der Waals surface area contributed by atoms with Crippen molar-refractivity contribution in [1.82, 2.24) is 9.46 Å². The van der Waals surface area contributed by atoms with E-state index >= 15 is 0 Å². The summed E-state index contributed by atoms with van der Waals surface area (Å²) in [5.74, 6) is 0. The van der Waals surface area contributed by atoms with Crippen LogP contribution in [0.15, 0.2) is 24.5 Å². The second-order valence-corrected chi connectivity index (χ2v) is 6.58. The van der Waals surface area contributed by atoms with Gasteiger partial charge in [-0.2, -0.15) is 0 Å². The summed E-state index contributed by atoms with van der Waals surface area (Å²) in [7, 11) is -1.11. The van der Waals surface area contributed by atoms with Crippen LogP contribution in [-0.4, -0.2) is 39.9 Å². The van der Waals surface area contributed by atoms with Crippen molar-refractivity contribution in [2.45, 2.75) is 45.7 Å². The van der Waals surface area contributed by atoms with Crippen molar-refractivity contribution < 1.29 is 14.3 Å². The molecule has 0 bridgehead atoms. The first-order chi connectivity index (χ1) is 9.73. The van der Waals surface area contributed by atoms with Crippen LogP contribution in [0, 0.1) is 0 Å². The number of hydrogen-bond acceptors (Lipinski definition) is 4. The predicted molar refractivity (Wildman–Crippen MR) is 84.7 cm³/mol. The van der Waals surface area contributed by atoms with Gasteiger partial charge < -0.3 is 18.8 Å². The second kappa shape index (κ2) is 4.60. The SMILES string of the molecule is CB(O)n1cc(B2OC(C)(C)C(C)(C)O2)c2ncccc21. The molecule has 2 aromatic rings. The van der Waals surface area contributed by atoms with Gasteiger partial charge in [0.05, 0.1) is 22.2 Å². The van der Waals surface area contributed by atoms with Gasteiger partial charge >= 0.3 is 14.2 Å². The lowest BCUT2D eigenvalue weighted by molar-refractivity contribution is 0.00578. The molecule has 0 atom stereocenters. The summed E-state index contributed by atoms with van der Waals surface area (Å²) < 4.78 is 14.0. The maximum absolute atomic E-state index is 9.94. The van der Waals surface area contributed by atoms with E-state index in [0.29, 0.717) is 0 Å². The average molecular weight is 286 g/mol. The molecule has 0 aliphatic carbocycles. The zero-order valence-electron chi connectivity index (χ0n) is 13.1. The van der Waals surface area contributed by atoms with Crippen LogP contribution >= 0.6 is 0 Å². The van der Waals surface area contributed by atoms with E-state index in [1.165, 1.54) is 0 Å². The standard InChI is InChI=1S/C14H20B2N2O3/c1-13(2)14(3,4)21-16(20-13)10-9-18(15(5)19)11-7-6-8-17-12(10)11/h6-9,19H,1-5H3. The molecular weight excluding hydrogens is 266 g/mol. The van der Waals surface area contributed by atoms with E-state index in [4.69, 9.17) is 9.31 Å². The molecule has 0 aromatic carbocycles. The normalized spacial score (nSPS) is 20.2. The van der Waals surface area contributed by atoms with Crippen molar-refractivity contribution >= 4 is 30.7 Å². The van der Waals surface area contributed by atoms with Crippen LogP contribution in [-0.2, 0) is 9.31 Å². The Balaban J connectivity index is 2.10. The summed E-state index contributed by atoms with van der Waals surface area (Å²) in [5.41, 5.74) is 1.73. The van der Waals surface area contributed by atoms with Crippen molar-refractivity contribution in [1.29, 1.82) is 0 Å². The van der Waals surface area contributed by atoms with E-state index < -0.39 is 25.4 Å². The monoisotopic (exact) mass is 286 g/mol. The van der Waals surface area contributed by atoms with Crippen molar-refractivity contribution in [3.8, 4) is 0 Å². The first-order valence-corrected chi connectivity index (χ1v) is 7.22. The van der Waals surface area contributed by atoms with E-state index in [0.717, 1.165) is 16.5 Å². The molecule has 0 spiro atoms. The zero-order chi connectivity index (χ0) is 15.4. The molecule has 21 heavy (non-hydrogen) atoms. The fourth-order valence-electron chi connectivity index (χ4n) is 2.56. The Hall–Kier alpha value is -1.30. The third kappa shape index (κ3) is 2.20. The molecule has 7 heteroatoms. The lowest BCUT2D eigenvalue weighted by atomic mass is 9.80. The number of hydrogen-bond donors (Lipinski definition) is 1. The summed E-state index contributed by atoms with van der Waals surface area (Å²) >= 11 is 0. The maximum Gasteiger partial charge on any atom is 0.498 e. The Morgan fingerprint density at radius 3 is 2.43 bits per heavy atom. The molecule has 0 amide bonds. The van der Waals surface area contributed by atoms with Crippen LogP contribution in [0.3, 0.4) is 0 Å². The highest BCUT2D eigenvalue weighted by Gasteiger charge is 2.52. The third-order valence-corrected chi connectivity index (χ3v) is 4.53. The molecule has 1 aliphatic heterocycles. The minimum absolute atomic E-state index is 0.397. The molecule has 1 aliphatic rings. The highest BCUT2D eigenvalue weighted by Crippen LogP contribution is 2.37. The van der Waals surface area contributed by atoms with E-state index in [1.807, 2.05) is 46.0 Å². The fraction of sp³-hybridized carbons (Fsp3) is 0.500. The minimum atomic E-state index is -0.632. The van der Waals surface area contributed by atoms with Crippen LogP contribution in [0.4, 0.5) is 0 Å². The van der Waals surface area contributed by atoms with E-state index in [2.05, 4.69) is 4.98 Å². The third-order valence-electron chi connectivity index (χ3n) is 4.53. The summed E-state index contributed by atoms with van der Waals surface area (Å²) in [6.45, 7) is 9.81. The van der Waals surface area contributed by atoms with Gasteiger partial charge in [-0.25, -0.2) is 0 Å². The summed E-state index contributed by atoms with van der Waals surface area (Å²) in [4.78, 5) is 4.43. The van der Waals surface area contributed by atoms with Crippen molar-refractivity contribution in [2.75, 3.05) is 0 Å². The zero-order valence-corrected chi connectivity index (χ0v) is 13.1. The molecule has 0 unspecified atom stereocenters. The van der Waals surface area contributed by atoms with Crippen LogP contribution in [0.5, 0.6) is 0 Å². The van der Waals surface area contributed by atoms with Gasteiger partial charge in [0.15, 0.2) is 0 Å². The molecule has 5 nitrogen and oxygen atoms in total. The predicted octanol–water partition coefficient (Wildman–Crippen LogP) is 1.29. The number of rotatable bonds is 2. The van der Waals surface area contributed by atoms with Gasteiger partial charge in [0, 0.05) is 11.7 Å². The fourth-order valence-corrected chi connectivity index (χ4v) is 2.56. The molecule has 110 valence electrons. The first kappa shape index (κ1) is 14.6.